The van der Waals surface area contributed by atoms with Crippen molar-refractivity contribution in [2.24, 2.45) is 0 Å². The van der Waals surface area contributed by atoms with Gasteiger partial charge in [-0.15, -0.1) is 0 Å². The number of nitro groups is 1. The number of hydrogen-bond donors (Lipinski definition) is 1. The Labute approximate surface area is 134 Å². The van der Waals surface area contributed by atoms with Crippen molar-refractivity contribution in [2.75, 3.05) is 20.8 Å². The van der Waals surface area contributed by atoms with Crippen LogP contribution in [0.25, 0.3) is 0 Å². The van der Waals surface area contributed by atoms with Crippen molar-refractivity contribution in [3.05, 3.63) is 63.2 Å². The first-order valence-corrected chi connectivity index (χ1v) is 7.09. The molecule has 0 fully saturated rings. The number of methoxy groups -OCH3 is 2. The van der Waals surface area contributed by atoms with Gasteiger partial charge in [0, 0.05) is 17.1 Å². The standard InChI is InChI=1S/C17H19NO5/c1-11-4-6-12(7-5-11)14(10-18(20)21)17-15(19)8-13(22-2)9-16(17)23-3/h4-9,14,19H,10H2,1-3H3/t14-/m1/s1. The zero-order valence-corrected chi connectivity index (χ0v) is 13.3. The van der Waals surface area contributed by atoms with Gasteiger partial charge in [0.1, 0.15) is 17.2 Å². The Bertz CT molecular complexity index is 697. The average Bonchev–Trinajstić information content (AvgIpc) is 2.52. The third-order valence-electron chi connectivity index (χ3n) is 3.71. The van der Waals surface area contributed by atoms with Crippen molar-refractivity contribution < 1.29 is 19.5 Å². The van der Waals surface area contributed by atoms with Crippen LogP contribution in [0.15, 0.2) is 36.4 Å². The molecule has 0 radical (unpaired) electrons. The summed E-state index contributed by atoms with van der Waals surface area (Å²) in [6.45, 7) is 1.59. The van der Waals surface area contributed by atoms with Gasteiger partial charge in [0.05, 0.1) is 25.7 Å². The Kier molecular flexibility index (Phi) is 5.05. The molecule has 1 atom stereocenters. The Morgan fingerprint density at radius 3 is 2.35 bits per heavy atom. The highest BCUT2D eigenvalue weighted by atomic mass is 16.6. The van der Waals surface area contributed by atoms with Crippen LogP contribution < -0.4 is 9.47 Å². The van der Waals surface area contributed by atoms with Crippen LogP contribution in [0.1, 0.15) is 22.6 Å². The first-order chi connectivity index (χ1) is 11.0. The minimum atomic E-state index is -0.619. The molecule has 2 rings (SSSR count). The molecule has 0 aliphatic rings. The van der Waals surface area contributed by atoms with Gasteiger partial charge in [-0.2, -0.15) is 0 Å². The molecule has 6 nitrogen and oxygen atoms in total. The van der Waals surface area contributed by atoms with Crippen LogP contribution in [-0.2, 0) is 0 Å². The molecule has 1 N–H and O–H groups in total. The van der Waals surface area contributed by atoms with E-state index in [-0.39, 0.29) is 12.3 Å². The number of phenols is 1. The smallest absolute Gasteiger partial charge is 0.214 e. The SMILES string of the molecule is COc1cc(O)c([C@H](C[N+](=O)[O-])c2ccc(C)cc2)c(OC)c1. The van der Waals surface area contributed by atoms with Crippen LogP contribution in [0.4, 0.5) is 0 Å². The molecule has 0 bridgehead atoms. The minimum absolute atomic E-state index is 0.0892. The van der Waals surface area contributed by atoms with Gasteiger partial charge in [0.25, 0.3) is 0 Å². The second kappa shape index (κ2) is 7.00. The largest absolute Gasteiger partial charge is 0.507 e. The summed E-state index contributed by atoms with van der Waals surface area (Å²) >= 11 is 0. The van der Waals surface area contributed by atoms with Crippen LogP contribution >= 0.6 is 0 Å². The molecule has 0 aliphatic heterocycles. The van der Waals surface area contributed by atoms with E-state index < -0.39 is 10.8 Å². The summed E-state index contributed by atoms with van der Waals surface area (Å²) in [4.78, 5) is 10.7. The van der Waals surface area contributed by atoms with Gasteiger partial charge < -0.3 is 14.6 Å². The maximum atomic E-state index is 11.1. The molecule has 0 spiro atoms. The lowest BCUT2D eigenvalue weighted by Gasteiger charge is -2.19. The van der Waals surface area contributed by atoms with Gasteiger partial charge >= 0.3 is 0 Å². The maximum Gasteiger partial charge on any atom is 0.214 e. The van der Waals surface area contributed by atoms with Gasteiger partial charge in [-0.1, -0.05) is 29.8 Å². The number of ether oxygens (including phenoxy) is 2. The molecule has 2 aromatic carbocycles. The van der Waals surface area contributed by atoms with Crippen LogP contribution in [0, 0.1) is 17.0 Å². The van der Waals surface area contributed by atoms with Crippen LogP contribution in [0.5, 0.6) is 17.2 Å². The van der Waals surface area contributed by atoms with Gasteiger partial charge in [0.15, 0.2) is 0 Å². The maximum absolute atomic E-state index is 11.1. The third-order valence-corrected chi connectivity index (χ3v) is 3.71. The van der Waals surface area contributed by atoms with Crippen LogP contribution in [-0.4, -0.2) is 30.8 Å². The van der Waals surface area contributed by atoms with Crippen molar-refractivity contribution in [3.63, 3.8) is 0 Å². The average molecular weight is 317 g/mol. The Hall–Kier alpha value is -2.76. The monoisotopic (exact) mass is 317 g/mol. The summed E-state index contributed by atoms with van der Waals surface area (Å²) in [5.74, 6) is 0.0706. The van der Waals surface area contributed by atoms with Gasteiger partial charge in [-0.3, -0.25) is 10.1 Å². The van der Waals surface area contributed by atoms with Crippen LogP contribution in [0.2, 0.25) is 0 Å². The van der Waals surface area contributed by atoms with Crippen molar-refractivity contribution in [1.82, 2.24) is 0 Å². The second-order valence-electron chi connectivity index (χ2n) is 5.24. The molecular formula is C17H19NO5. The quantitative estimate of drug-likeness (QED) is 0.654. The summed E-state index contributed by atoms with van der Waals surface area (Å²) in [6.07, 6.45) is 0. The lowest BCUT2D eigenvalue weighted by Crippen LogP contribution is -2.15. The third kappa shape index (κ3) is 3.71. The molecule has 122 valence electrons. The number of phenolic OH excluding ortho intramolecular Hbond substituents is 1. The van der Waals surface area contributed by atoms with E-state index in [1.807, 2.05) is 31.2 Å². The molecule has 2 aromatic rings. The summed E-state index contributed by atoms with van der Waals surface area (Å²) in [5.41, 5.74) is 2.18. The van der Waals surface area contributed by atoms with Crippen molar-refractivity contribution in [2.45, 2.75) is 12.8 Å². The van der Waals surface area contributed by atoms with E-state index in [1.165, 1.54) is 20.3 Å². The Morgan fingerprint density at radius 1 is 1.17 bits per heavy atom. The molecule has 0 amide bonds. The summed E-state index contributed by atoms with van der Waals surface area (Å²) < 4.78 is 10.4. The lowest BCUT2D eigenvalue weighted by atomic mass is 9.89. The van der Waals surface area contributed by atoms with E-state index >= 15 is 0 Å². The molecule has 0 heterocycles. The van der Waals surface area contributed by atoms with E-state index in [9.17, 15) is 15.2 Å². The predicted molar refractivity (Wildman–Crippen MR) is 86.1 cm³/mol. The molecule has 0 aromatic heterocycles. The van der Waals surface area contributed by atoms with E-state index in [0.29, 0.717) is 17.1 Å². The number of hydrogen-bond acceptors (Lipinski definition) is 5. The van der Waals surface area contributed by atoms with Crippen molar-refractivity contribution >= 4 is 0 Å². The molecular weight excluding hydrogens is 298 g/mol. The minimum Gasteiger partial charge on any atom is -0.507 e. The van der Waals surface area contributed by atoms with E-state index in [0.717, 1.165) is 11.1 Å². The molecule has 6 heteroatoms. The molecule has 0 unspecified atom stereocenters. The highest BCUT2D eigenvalue weighted by Gasteiger charge is 2.27. The first-order valence-electron chi connectivity index (χ1n) is 7.09. The fourth-order valence-electron chi connectivity index (χ4n) is 2.54. The molecule has 23 heavy (non-hydrogen) atoms. The zero-order valence-electron chi connectivity index (χ0n) is 13.3. The summed E-state index contributed by atoms with van der Waals surface area (Å²) in [7, 11) is 2.93. The van der Waals surface area contributed by atoms with Gasteiger partial charge in [-0.25, -0.2) is 0 Å². The highest BCUT2D eigenvalue weighted by molar-refractivity contribution is 5.54. The molecule has 0 aliphatic carbocycles. The lowest BCUT2D eigenvalue weighted by molar-refractivity contribution is -0.481. The Morgan fingerprint density at radius 2 is 1.83 bits per heavy atom. The summed E-state index contributed by atoms with van der Waals surface area (Å²) in [6, 6.07) is 10.5. The molecule has 0 saturated carbocycles. The number of aryl methyl sites for hydroxylation is 1. The fourth-order valence-corrected chi connectivity index (χ4v) is 2.54. The predicted octanol–water partition coefficient (Wildman–Crippen LogP) is 3.13. The number of rotatable bonds is 6. The molecule has 0 saturated heterocycles. The van der Waals surface area contributed by atoms with E-state index in [2.05, 4.69) is 0 Å². The van der Waals surface area contributed by atoms with Crippen molar-refractivity contribution in [1.29, 1.82) is 0 Å². The first kappa shape index (κ1) is 16.6. The fraction of sp³-hybridized carbons (Fsp3) is 0.294. The summed E-state index contributed by atoms with van der Waals surface area (Å²) in [5, 5.41) is 21.5. The zero-order chi connectivity index (χ0) is 17.0. The normalized spacial score (nSPS) is 11.8. The highest BCUT2D eigenvalue weighted by Crippen LogP contribution is 2.41. The van der Waals surface area contributed by atoms with Crippen LogP contribution in [0.3, 0.4) is 0 Å². The second-order valence-corrected chi connectivity index (χ2v) is 5.24. The van der Waals surface area contributed by atoms with E-state index in [1.54, 1.807) is 6.07 Å². The van der Waals surface area contributed by atoms with Gasteiger partial charge in [-0.05, 0) is 12.5 Å². The van der Waals surface area contributed by atoms with Gasteiger partial charge in [0.2, 0.25) is 6.54 Å². The van der Waals surface area contributed by atoms with E-state index in [4.69, 9.17) is 9.47 Å². The van der Waals surface area contributed by atoms with Crippen molar-refractivity contribution in [3.8, 4) is 17.2 Å². The number of aromatic hydroxyl groups is 1. The Balaban J connectivity index is 2.59. The number of nitrogens with zero attached hydrogens (tertiary/aromatic N) is 1. The number of benzene rings is 2. The topological polar surface area (TPSA) is 81.8 Å².